The Hall–Kier alpha value is -3.42. The number of carbonyl (C=O) groups excluding carboxylic acids is 6. The first-order valence-corrected chi connectivity index (χ1v) is 17.0. The molecule has 0 aromatic carbocycles. The van der Waals surface area contributed by atoms with E-state index < -0.39 is 59.5 Å². The Kier molecular flexibility index (Phi) is 23.8. The molecule has 14 heteroatoms. The number of carbonyl (C=O) groups is 6. The smallest absolute Gasteiger partial charge is 0.407 e. The second-order valence-electron chi connectivity index (χ2n) is 12.4. The first kappa shape index (κ1) is 43.6. The molecule has 14 nitrogen and oxygen atoms in total. The van der Waals surface area contributed by atoms with Crippen molar-refractivity contribution < 1.29 is 47.7 Å². The molecular weight excluding hydrogens is 612 g/mol. The molecular formula is C33H60N4O10. The molecule has 3 unspecified atom stereocenters. The van der Waals surface area contributed by atoms with Gasteiger partial charge in [0, 0.05) is 19.4 Å². The summed E-state index contributed by atoms with van der Waals surface area (Å²) < 4.78 is 20.9. The Balaban J connectivity index is 5.43. The lowest BCUT2D eigenvalue weighted by molar-refractivity contribution is -0.150. The van der Waals surface area contributed by atoms with Crippen molar-refractivity contribution in [3.05, 3.63) is 0 Å². The fourth-order valence-corrected chi connectivity index (χ4v) is 3.94. The van der Waals surface area contributed by atoms with Crippen molar-refractivity contribution in [3.63, 3.8) is 0 Å². The lowest BCUT2D eigenvalue weighted by atomic mass is 10.1. The highest BCUT2D eigenvalue weighted by molar-refractivity contribution is 5.92. The largest absolute Gasteiger partial charge is 0.466 e. The number of ether oxygens (including phenoxy) is 4. The van der Waals surface area contributed by atoms with Crippen LogP contribution in [0.1, 0.15) is 125 Å². The summed E-state index contributed by atoms with van der Waals surface area (Å²) in [5.74, 6) is -3.10. The van der Waals surface area contributed by atoms with E-state index in [0.29, 0.717) is 38.6 Å². The van der Waals surface area contributed by atoms with Gasteiger partial charge in [-0.3, -0.25) is 19.2 Å². The van der Waals surface area contributed by atoms with Crippen LogP contribution in [0.15, 0.2) is 0 Å². The van der Waals surface area contributed by atoms with E-state index in [-0.39, 0.29) is 51.9 Å². The van der Waals surface area contributed by atoms with E-state index in [2.05, 4.69) is 16.0 Å². The molecule has 272 valence electrons. The molecule has 0 radical (unpaired) electrons. The first-order chi connectivity index (χ1) is 22.2. The van der Waals surface area contributed by atoms with Crippen LogP contribution >= 0.6 is 0 Å². The highest BCUT2D eigenvalue weighted by Gasteiger charge is 2.30. The number of esters is 3. The molecule has 0 rings (SSSR count). The van der Waals surface area contributed by atoms with Crippen LogP contribution in [0, 0.1) is 0 Å². The van der Waals surface area contributed by atoms with Crippen LogP contribution in [0.5, 0.6) is 0 Å². The standard InChI is InChI=1S/C33H60N4O10/c1-7-10-21-44-27(38)18-16-25(36-29(40)24(34)15-13-14-20-35-32(43)47-33(4,5)6)30(41)37-26(31(42)46-23-12-9-3)17-19-28(39)45-22-11-8-2/h24-26H,7-23,34H2,1-6H3,(H,35,43)(H,36,40)(H,37,41). The van der Waals surface area contributed by atoms with Gasteiger partial charge in [-0.25, -0.2) is 9.59 Å². The van der Waals surface area contributed by atoms with Crippen molar-refractivity contribution in [2.45, 2.75) is 149 Å². The molecule has 0 saturated carbocycles. The van der Waals surface area contributed by atoms with E-state index in [1.54, 1.807) is 20.8 Å². The van der Waals surface area contributed by atoms with Gasteiger partial charge in [0.05, 0.1) is 25.9 Å². The normalized spacial score (nSPS) is 13.0. The van der Waals surface area contributed by atoms with Crippen molar-refractivity contribution >= 4 is 35.8 Å². The maximum atomic E-state index is 13.4. The minimum absolute atomic E-state index is 0.0712. The minimum Gasteiger partial charge on any atom is -0.466 e. The molecule has 3 amide bonds. The van der Waals surface area contributed by atoms with E-state index in [1.807, 2.05) is 20.8 Å². The number of amides is 3. The van der Waals surface area contributed by atoms with E-state index in [9.17, 15) is 28.8 Å². The fourth-order valence-electron chi connectivity index (χ4n) is 3.94. The molecule has 5 N–H and O–H groups in total. The van der Waals surface area contributed by atoms with Crippen molar-refractivity contribution in [2.24, 2.45) is 5.73 Å². The highest BCUT2D eigenvalue weighted by Crippen LogP contribution is 2.09. The SMILES string of the molecule is CCCCOC(=O)CCC(NC(=O)C(N)CCCCNC(=O)OC(C)(C)C)C(=O)NC(CCC(=O)OCCCC)C(=O)OCCCC. The van der Waals surface area contributed by atoms with Crippen molar-refractivity contribution in [2.75, 3.05) is 26.4 Å². The number of nitrogens with one attached hydrogen (secondary N) is 3. The summed E-state index contributed by atoms with van der Waals surface area (Å²) in [5.41, 5.74) is 5.49. The molecule has 0 aliphatic carbocycles. The summed E-state index contributed by atoms with van der Waals surface area (Å²) in [6.07, 6.45) is 4.80. The third kappa shape index (κ3) is 23.5. The van der Waals surface area contributed by atoms with Gasteiger partial charge in [0.25, 0.3) is 0 Å². The Bertz CT molecular complexity index is 954. The van der Waals surface area contributed by atoms with Gasteiger partial charge < -0.3 is 40.6 Å². The van der Waals surface area contributed by atoms with Crippen LogP contribution < -0.4 is 21.7 Å². The molecule has 0 saturated heterocycles. The van der Waals surface area contributed by atoms with Gasteiger partial charge >= 0.3 is 24.0 Å². The highest BCUT2D eigenvalue weighted by atomic mass is 16.6. The summed E-state index contributed by atoms with van der Waals surface area (Å²) >= 11 is 0. The molecule has 0 heterocycles. The van der Waals surface area contributed by atoms with Crippen molar-refractivity contribution in [3.8, 4) is 0 Å². The molecule has 0 spiro atoms. The van der Waals surface area contributed by atoms with Gasteiger partial charge in [-0.2, -0.15) is 0 Å². The van der Waals surface area contributed by atoms with E-state index in [1.165, 1.54) is 0 Å². The van der Waals surface area contributed by atoms with Gasteiger partial charge in [0.1, 0.15) is 17.7 Å². The zero-order chi connectivity index (χ0) is 35.7. The summed E-state index contributed by atoms with van der Waals surface area (Å²) in [5, 5.41) is 7.84. The third-order valence-electron chi connectivity index (χ3n) is 6.72. The molecule has 0 aliphatic rings. The molecule has 0 fully saturated rings. The number of alkyl carbamates (subject to hydrolysis) is 1. The van der Waals surface area contributed by atoms with Gasteiger partial charge in [0.2, 0.25) is 11.8 Å². The minimum atomic E-state index is -1.22. The van der Waals surface area contributed by atoms with Crippen LogP contribution in [0.4, 0.5) is 4.79 Å². The van der Waals surface area contributed by atoms with Crippen LogP contribution in [0.3, 0.4) is 0 Å². The van der Waals surface area contributed by atoms with Crippen molar-refractivity contribution in [1.29, 1.82) is 0 Å². The molecule has 0 aromatic rings. The topological polar surface area (TPSA) is 201 Å². The fraction of sp³-hybridized carbons (Fsp3) is 0.818. The van der Waals surface area contributed by atoms with Crippen LogP contribution in [0.2, 0.25) is 0 Å². The first-order valence-electron chi connectivity index (χ1n) is 17.0. The second kappa shape index (κ2) is 25.6. The molecule has 0 bridgehead atoms. The Morgan fingerprint density at radius 2 is 1.13 bits per heavy atom. The quantitative estimate of drug-likeness (QED) is 0.0627. The Labute approximate surface area is 280 Å². The van der Waals surface area contributed by atoms with Gasteiger partial charge in [0.15, 0.2) is 0 Å². The summed E-state index contributed by atoms with van der Waals surface area (Å²) in [6.45, 7) is 12.1. The number of rotatable bonds is 25. The molecule has 3 atom stereocenters. The Morgan fingerprint density at radius 1 is 0.638 bits per heavy atom. The predicted molar refractivity (Wildman–Crippen MR) is 176 cm³/mol. The molecule has 0 aromatic heterocycles. The average Bonchev–Trinajstić information content (AvgIpc) is 3.00. The van der Waals surface area contributed by atoms with Gasteiger partial charge in [-0.15, -0.1) is 0 Å². The Morgan fingerprint density at radius 3 is 1.64 bits per heavy atom. The van der Waals surface area contributed by atoms with E-state index in [4.69, 9.17) is 24.7 Å². The lowest BCUT2D eigenvalue weighted by Crippen LogP contribution is -2.54. The summed E-state index contributed by atoms with van der Waals surface area (Å²) in [6, 6.07) is -3.38. The zero-order valence-corrected chi connectivity index (χ0v) is 29.4. The van der Waals surface area contributed by atoms with Gasteiger partial charge in [-0.1, -0.05) is 40.0 Å². The summed E-state index contributed by atoms with van der Waals surface area (Å²) in [7, 11) is 0. The zero-order valence-electron chi connectivity index (χ0n) is 29.4. The molecule has 0 aliphatic heterocycles. The maximum absolute atomic E-state index is 13.4. The summed E-state index contributed by atoms with van der Waals surface area (Å²) in [4.78, 5) is 75.6. The molecule has 47 heavy (non-hydrogen) atoms. The third-order valence-corrected chi connectivity index (χ3v) is 6.72. The number of hydrogen-bond acceptors (Lipinski definition) is 11. The lowest BCUT2D eigenvalue weighted by Gasteiger charge is -2.24. The van der Waals surface area contributed by atoms with Gasteiger partial charge in [-0.05, 0) is 72.1 Å². The van der Waals surface area contributed by atoms with Crippen molar-refractivity contribution in [1.82, 2.24) is 16.0 Å². The van der Waals surface area contributed by atoms with E-state index >= 15 is 0 Å². The van der Waals surface area contributed by atoms with Crippen LogP contribution in [-0.4, -0.2) is 85.9 Å². The number of unbranched alkanes of at least 4 members (excludes halogenated alkanes) is 4. The van der Waals surface area contributed by atoms with E-state index in [0.717, 1.165) is 19.3 Å². The van der Waals surface area contributed by atoms with Crippen LogP contribution in [0.25, 0.3) is 0 Å². The van der Waals surface area contributed by atoms with Crippen LogP contribution in [-0.2, 0) is 42.9 Å². The second-order valence-corrected chi connectivity index (χ2v) is 12.4. The predicted octanol–water partition coefficient (Wildman–Crippen LogP) is 3.57. The number of nitrogens with two attached hydrogens (primary N) is 1. The average molecular weight is 673 g/mol. The monoisotopic (exact) mass is 672 g/mol. The number of hydrogen-bond donors (Lipinski definition) is 4. The maximum Gasteiger partial charge on any atom is 0.407 e.